The van der Waals surface area contributed by atoms with Gasteiger partial charge in [0.1, 0.15) is 20.7 Å². The molecule has 19 heteroatoms. The number of H-pyrrole nitrogens is 2. The zero-order chi connectivity index (χ0) is 33.4. The van der Waals surface area contributed by atoms with Gasteiger partial charge in [-0.05, 0) is 48.5 Å². The molecule has 0 saturated carbocycles. The van der Waals surface area contributed by atoms with Crippen LogP contribution >= 0.6 is 35.7 Å². The molecule has 6 aromatic carbocycles. The van der Waals surface area contributed by atoms with Crippen LogP contribution in [0.5, 0.6) is 0 Å². The first kappa shape index (κ1) is 31.4. The molecule has 0 radical (unpaired) electrons. The molecule has 7 aromatic rings. The van der Waals surface area contributed by atoms with Crippen LogP contribution in [-0.4, -0.2) is 23.5 Å². The first-order valence-corrected chi connectivity index (χ1v) is 16.1. The molecule has 0 aliphatic heterocycles. The van der Waals surface area contributed by atoms with Crippen LogP contribution in [0, 0.1) is 0 Å². The van der Waals surface area contributed by atoms with Crippen LogP contribution in [0.25, 0.3) is 65.2 Å². The van der Waals surface area contributed by atoms with Gasteiger partial charge in [-0.3, -0.25) is 23.7 Å². The van der Waals surface area contributed by atoms with Crippen LogP contribution in [0.3, 0.4) is 0 Å². The quantitative estimate of drug-likeness (QED) is 0.0537. The van der Waals surface area contributed by atoms with Gasteiger partial charge >= 0.3 is 0 Å². The number of nitrogens with one attached hydrogen (secondary N) is 2. The van der Waals surface area contributed by atoms with Gasteiger partial charge in [-0.15, -0.1) is 8.67 Å². The molecule has 0 atom stereocenters. The standard InChI is InChI=1S/C28H11ClN2O13S3/c29-17-7-15-19(27(34)13-5-9(45-43-41-36)1-3-11(13)25(15)32)23-21(17)30-24-20-16(8-18(22(24)31-23)46-44-42-37)26(33)12-4-2-10(47(38,39)40)6-14(12)28(20)35/h1-8,36-37H,(H,38,39,40)/p+2. The van der Waals surface area contributed by atoms with Crippen molar-refractivity contribution < 1.29 is 52.2 Å². The molecule has 1 aromatic heterocycles. The molecule has 0 spiro atoms. The molecule has 5 N–H and O–H groups in total. The molecule has 236 valence electrons. The Kier molecular flexibility index (Phi) is 7.69. The van der Waals surface area contributed by atoms with Crippen molar-refractivity contribution in [1.29, 1.82) is 0 Å². The summed E-state index contributed by atoms with van der Waals surface area (Å²) in [5.74, 6) is 0. The van der Waals surface area contributed by atoms with E-state index in [4.69, 9.17) is 22.1 Å². The molecule has 15 nitrogen and oxygen atoms in total. The minimum absolute atomic E-state index is 0.00441. The summed E-state index contributed by atoms with van der Waals surface area (Å²) >= 11 is 7.65. The Morgan fingerprint density at radius 3 is 1.81 bits per heavy atom. The van der Waals surface area contributed by atoms with Crippen molar-refractivity contribution in [3.8, 4) is 0 Å². The van der Waals surface area contributed by atoms with Crippen molar-refractivity contribution in [1.82, 2.24) is 0 Å². The minimum atomic E-state index is -4.73. The molecule has 1 heterocycles. The fourth-order valence-corrected chi connectivity index (χ4v) is 7.31. The highest BCUT2D eigenvalue weighted by molar-refractivity contribution is 7.95. The molecule has 0 bridgehead atoms. The lowest BCUT2D eigenvalue weighted by molar-refractivity contribution is -0.432. The Bertz CT molecular complexity index is 2860. The highest BCUT2D eigenvalue weighted by Gasteiger charge is 2.31. The molecule has 0 unspecified atom stereocenters. The van der Waals surface area contributed by atoms with Gasteiger partial charge in [-0.25, -0.2) is 10.5 Å². The van der Waals surface area contributed by atoms with Gasteiger partial charge in [0, 0.05) is 37.2 Å². The number of benzene rings is 6. The summed E-state index contributed by atoms with van der Waals surface area (Å²) in [5, 5.41) is 23.8. The van der Waals surface area contributed by atoms with Crippen LogP contribution in [0.2, 0.25) is 5.02 Å². The molecule has 0 saturated heterocycles. The zero-order valence-corrected chi connectivity index (χ0v) is 25.9. The first-order valence-electron chi connectivity index (χ1n) is 12.8. The molecule has 0 aliphatic carbocycles. The maximum atomic E-state index is 14.0. The average molecular weight is 717 g/mol. The number of hydrogen-bond donors (Lipinski definition) is 3. The fourth-order valence-electron chi connectivity index (χ4n) is 5.65. The lowest BCUT2D eigenvalue weighted by Crippen LogP contribution is -2.25. The van der Waals surface area contributed by atoms with Crippen LogP contribution in [-0.2, 0) is 28.9 Å². The zero-order valence-electron chi connectivity index (χ0n) is 22.6. The fraction of sp³-hybridized carbons (Fsp3) is 0. The summed E-state index contributed by atoms with van der Waals surface area (Å²) in [5.41, 5.74) is -2.56. The van der Waals surface area contributed by atoms with Crippen LogP contribution in [0.15, 0.2) is 82.4 Å². The summed E-state index contributed by atoms with van der Waals surface area (Å²) in [4.78, 5) is 60.9. The lowest BCUT2D eigenvalue weighted by atomic mass is 9.99. The molecular formula is C28H13ClN2O13S3+2. The molecule has 0 amide bonds. The number of aromatic amines is 2. The highest BCUT2D eigenvalue weighted by Crippen LogP contribution is 2.33. The van der Waals surface area contributed by atoms with Crippen LogP contribution in [0.1, 0.15) is 0 Å². The monoisotopic (exact) mass is 716 g/mol. The van der Waals surface area contributed by atoms with E-state index in [0.29, 0.717) is 29.0 Å². The van der Waals surface area contributed by atoms with Crippen molar-refractivity contribution in [3.05, 3.63) is 94.4 Å². The van der Waals surface area contributed by atoms with E-state index in [0.717, 1.165) is 18.2 Å². The SMILES string of the molecule is O=c1c2ccc(SOOO)cc2c(=O)c2c1cc(Cl)c1[nH+]c3c([nH+]c12)c(SOOO)cc1c(=O)c2ccc(S(=O)(=O)O)cc2c(=O)c13. The number of fused-ring (bicyclic) bond motifs is 8. The van der Waals surface area contributed by atoms with Gasteiger partial charge in [0.2, 0.25) is 10.9 Å². The summed E-state index contributed by atoms with van der Waals surface area (Å²) in [6.07, 6.45) is 0. The van der Waals surface area contributed by atoms with E-state index in [2.05, 4.69) is 28.7 Å². The third kappa shape index (κ3) is 4.94. The lowest BCUT2D eigenvalue weighted by Gasteiger charge is -2.06. The van der Waals surface area contributed by atoms with Crippen molar-refractivity contribution in [2.24, 2.45) is 0 Å². The predicted octanol–water partition coefficient (Wildman–Crippen LogP) is 3.31. The summed E-state index contributed by atoms with van der Waals surface area (Å²) in [6, 6.07) is 9.72. The largest absolute Gasteiger partial charge is 0.295 e. The van der Waals surface area contributed by atoms with E-state index < -0.39 is 36.7 Å². The number of hydrogen-bond acceptors (Lipinski definition) is 14. The van der Waals surface area contributed by atoms with E-state index in [-0.39, 0.29) is 75.1 Å². The van der Waals surface area contributed by atoms with E-state index in [1.165, 1.54) is 30.3 Å². The molecule has 7 rings (SSSR count). The molecular weight excluding hydrogens is 704 g/mol. The molecule has 0 aliphatic rings. The van der Waals surface area contributed by atoms with Crippen LogP contribution < -0.4 is 31.7 Å². The van der Waals surface area contributed by atoms with Gasteiger partial charge in [-0.2, -0.15) is 18.4 Å². The Labute approximate surface area is 271 Å². The first-order chi connectivity index (χ1) is 22.4. The van der Waals surface area contributed by atoms with E-state index in [1.807, 2.05) is 0 Å². The second-order valence-corrected chi connectivity index (χ2v) is 13.3. The second-order valence-electron chi connectivity index (χ2n) is 9.99. The van der Waals surface area contributed by atoms with E-state index >= 15 is 0 Å². The molecule has 0 fully saturated rings. The predicted molar refractivity (Wildman–Crippen MR) is 168 cm³/mol. The van der Waals surface area contributed by atoms with Gasteiger partial charge < -0.3 is 0 Å². The minimum Gasteiger partial charge on any atom is -0.289 e. The number of halogens is 1. The van der Waals surface area contributed by atoms with Gasteiger partial charge in [-0.1, -0.05) is 21.7 Å². The maximum absolute atomic E-state index is 14.0. The van der Waals surface area contributed by atoms with Crippen LogP contribution in [0.4, 0.5) is 0 Å². The van der Waals surface area contributed by atoms with Gasteiger partial charge in [0.05, 0.1) is 29.0 Å². The van der Waals surface area contributed by atoms with E-state index in [1.54, 1.807) is 0 Å². The Morgan fingerprint density at radius 1 is 0.617 bits per heavy atom. The van der Waals surface area contributed by atoms with Crippen molar-refractivity contribution in [3.63, 3.8) is 0 Å². The third-order valence-corrected chi connectivity index (χ3v) is 9.94. The smallest absolute Gasteiger partial charge is 0.289 e. The normalized spacial score (nSPS) is 12.4. The topological polar surface area (TPSA) is 228 Å². The second kappa shape index (κ2) is 11.5. The Morgan fingerprint density at radius 2 is 1.17 bits per heavy atom. The summed E-state index contributed by atoms with van der Waals surface area (Å²) < 4.78 is 42.3. The Hall–Kier alpha value is -4.18. The van der Waals surface area contributed by atoms with Gasteiger partial charge in [0.15, 0.2) is 10.9 Å². The van der Waals surface area contributed by atoms with E-state index in [9.17, 15) is 32.1 Å². The number of rotatable bonds is 7. The van der Waals surface area contributed by atoms with Crippen molar-refractivity contribution >= 4 is 111 Å². The third-order valence-electron chi connectivity index (χ3n) is 7.59. The average Bonchev–Trinajstić information content (AvgIpc) is 3.05. The van der Waals surface area contributed by atoms with Gasteiger partial charge in [0.25, 0.3) is 32.2 Å². The van der Waals surface area contributed by atoms with Crippen molar-refractivity contribution in [2.75, 3.05) is 0 Å². The Balaban J connectivity index is 1.67. The summed E-state index contributed by atoms with van der Waals surface area (Å²) in [6.45, 7) is 0. The number of aromatic nitrogens is 2. The molecule has 47 heavy (non-hydrogen) atoms. The maximum Gasteiger partial charge on any atom is 0.295 e. The highest BCUT2D eigenvalue weighted by atomic mass is 35.5. The van der Waals surface area contributed by atoms with Crippen molar-refractivity contribution in [2.45, 2.75) is 14.7 Å². The summed E-state index contributed by atoms with van der Waals surface area (Å²) in [7, 11) is -4.73.